The van der Waals surface area contributed by atoms with E-state index in [0.29, 0.717) is 25.2 Å². The zero-order valence-corrected chi connectivity index (χ0v) is 17.5. The first-order valence-corrected chi connectivity index (χ1v) is 9.54. The van der Waals surface area contributed by atoms with Crippen molar-refractivity contribution in [2.24, 2.45) is 4.99 Å². The second-order valence-electron chi connectivity index (χ2n) is 6.91. The minimum atomic E-state index is -0.0998. The van der Waals surface area contributed by atoms with Crippen molar-refractivity contribution in [1.82, 2.24) is 15.5 Å². The third-order valence-electron chi connectivity index (χ3n) is 4.03. The summed E-state index contributed by atoms with van der Waals surface area (Å²) in [6, 6.07) is 8.39. The van der Waals surface area contributed by atoms with Crippen molar-refractivity contribution in [3.05, 3.63) is 24.3 Å². The average molecular weight is 378 g/mol. The van der Waals surface area contributed by atoms with Crippen molar-refractivity contribution in [3.8, 4) is 5.75 Å². The first-order valence-electron chi connectivity index (χ1n) is 9.54. The number of aliphatic imine (C=N–C) groups is 1. The minimum absolute atomic E-state index is 0.0998. The molecule has 27 heavy (non-hydrogen) atoms. The second kappa shape index (κ2) is 12.2. The number of rotatable bonds is 10. The minimum Gasteiger partial charge on any atom is -0.492 e. The fourth-order valence-electron chi connectivity index (χ4n) is 2.84. The largest absolute Gasteiger partial charge is 0.492 e. The number of ether oxygens (including phenoxy) is 1. The summed E-state index contributed by atoms with van der Waals surface area (Å²) in [6.45, 7) is 13.2. The predicted octanol–water partition coefficient (Wildman–Crippen LogP) is 2.31. The molecule has 0 heterocycles. The fourth-order valence-corrected chi connectivity index (χ4v) is 2.84. The molecule has 0 atom stereocenters. The van der Waals surface area contributed by atoms with Crippen LogP contribution in [0, 0.1) is 0 Å². The van der Waals surface area contributed by atoms with Gasteiger partial charge in [0.2, 0.25) is 5.91 Å². The Bertz CT molecular complexity index is 594. The SMILES string of the molecule is CN=C(NCCOc1cccc(NC(C)=O)c1)NCCN(C(C)C)C(C)C. The molecule has 0 aliphatic carbocycles. The predicted molar refractivity (Wildman–Crippen MR) is 113 cm³/mol. The summed E-state index contributed by atoms with van der Waals surface area (Å²) in [7, 11) is 1.76. The lowest BCUT2D eigenvalue weighted by Crippen LogP contribution is -2.45. The number of hydrogen-bond acceptors (Lipinski definition) is 4. The molecule has 0 spiro atoms. The molecular formula is C20H35N5O2. The number of nitrogens with one attached hydrogen (secondary N) is 3. The van der Waals surface area contributed by atoms with Crippen LogP contribution in [0.1, 0.15) is 34.6 Å². The highest BCUT2D eigenvalue weighted by Crippen LogP contribution is 2.16. The summed E-state index contributed by atoms with van der Waals surface area (Å²) < 4.78 is 5.72. The Balaban J connectivity index is 2.32. The highest BCUT2D eigenvalue weighted by atomic mass is 16.5. The lowest BCUT2D eigenvalue weighted by molar-refractivity contribution is -0.114. The van der Waals surface area contributed by atoms with Crippen LogP contribution in [0.2, 0.25) is 0 Å². The third-order valence-corrected chi connectivity index (χ3v) is 4.03. The molecule has 0 radical (unpaired) electrons. The van der Waals surface area contributed by atoms with Crippen molar-refractivity contribution in [1.29, 1.82) is 0 Å². The standard InChI is InChI=1S/C20H35N5O2/c1-15(2)25(16(3)4)12-10-22-20(21-6)23-11-13-27-19-9-7-8-18(14-19)24-17(5)26/h7-9,14-16H,10-13H2,1-6H3,(H,24,26)(H2,21,22,23). The number of nitrogens with zero attached hydrogens (tertiary/aromatic N) is 2. The van der Waals surface area contributed by atoms with Crippen LogP contribution in [0.4, 0.5) is 5.69 Å². The molecule has 1 aromatic carbocycles. The molecule has 0 aliphatic rings. The average Bonchev–Trinajstić information content (AvgIpc) is 2.59. The van der Waals surface area contributed by atoms with E-state index < -0.39 is 0 Å². The number of anilines is 1. The van der Waals surface area contributed by atoms with E-state index in [9.17, 15) is 4.79 Å². The van der Waals surface area contributed by atoms with Gasteiger partial charge in [0.25, 0.3) is 0 Å². The summed E-state index contributed by atoms with van der Waals surface area (Å²) in [5.74, 6) is 1.38. The van der Waals surface area contributed by atoms with Gasteiger partial charge in [0, 0.05) is 50.9 Å². The lowest BCUT2D eigenvalue weighted by atomic mass is 10.2. The Morgan fingerprint density at radius 1 is 1.15 bits per heavy atom. The van der Waals surface area contributed by atoms with Crippen LogP contribution < -0.4 is 20.7 Å². The van der Waals surface area contributed by atoms with Crippen LogP contribution in [0.3, 0.4) is 0 Å². The van der Waals surface area contributed by atoms with Crippen molar-refractivity contribution < 1.29 is 9.53 Å². The number of amides is 1. The van der Waals surface area contributed by atoms with Gasteiger partial charge < -0.3 is 20.7 Å². The van der Waals surface area contributed by atoms with Gasteiger partial charge in [-0.05, 0) is 39.8 Å². The first kappa shape index (κ1) is 22.8. The zero-order chi connectivity index (χ0) is 20.2. The highest BCUT2D eigenvalue weighted by molar-refractivity contribution is 5.88. The number of hydrogen-bond donors (Lipinski definition) is 3. The van der Waals surface area contributed by atoms with Crippen LogP contribution in [0.5, 0.6) is 5.75 Å². The monoisotopic (exact) mass is 377 g/mol. The van der Waals surface area contributed by atoms with Gasteiger partial charge in [0.05, 0.1) is 6.54 Å². The molecule has 7 heteroatoms. The molecule has 0 aromatic heterocycles. The van der Waals surface area contributed by atoms with Gasteiger partial charge in [-0.15, -0.1) is 0 Å². The van der Waals surface area contributed by atoms with Gasteiger partial charge in [-0.3, -0.25) is 14.7 Å². The van der Waals surface area contributed by atoms with E-state index in [4.69, 9.17) is 4.74 Å². The van der Waals surface area contributed by atoms with Gasteiger partial charge in [0.15, 0.2) is 5.96 Å². The van der Waals surface area contributed by atoms with Gasteiger partial charge in [-0.25, -0.2) is 0 Å². The molecule has 0 saturated carbocycles. The number of benzene rings is 1. The maximum Gasteiger partial charge on any atom is 0.221 e. The van der Waals surface area contributed by atoms with E-state index in [1.165, 1.54) is 6.92 Å². The quantitative estimate of drug-likeness (QED) is 0.331. The molecule has 1 amide bonds. The summed E-state index contributed by atoms with van der Waals surface area (Å²) in [5.41, 5.74) is 0.727. The summed E-state index contributed by atoms with van der Waals surface area (Å²) in [6.07, 6.45) is 0. The Morgan fingerprint density at radius 2 is 1.81 bits per heavy atom. The fraction of sp³-hybridized carbons (Fsp3) is 0.600. The van der Waals surface area contributed by atoms with Crippen LogP contribution in [-0.2, 0) is 4.79 Å². The first-order chi connectivity index (χ1) is 12.8. The van der Waals surface area contributed by atoms with E-state index >= 15 is 0 Å². The molecule has 3 N–H and O–H groups in total. The Morgan fingerprint density at radius 3 is 2.41 bits per heavy atom. The normalized spacial score (nSPS) is 11.8. The van der Waals surface area contributed by atoms with Crippen LogP contribution in [0.25, 0.3) is 0 Å². The summed E-state index contributed by atoms with van der Waals surface area (Å²) in [5, 5.41) is 9.32. The smallest absolute Gasteiger partial charge is 0.221 e. The second-order valence-corrected chi connectivity index (χ2v) is 6.91. The number of carbonyl (C=O) groups is 1. The molecular weight excluding hydrogens is 342 g/mol. The van der Waals surface area contributed by atoms with E-state index in [-0.39, 0.29) is 5.91 Å². The third kappa shape index (κ3) is 9.28. The maximum absolute atomic E-state index is 11.1. The Kier molecular flexibility index (Phi) is 10.3. The Labute approximate surface area is 163 Å². The molecule has 0 bridgehead atoms. The summed E-state index contributed by atoms with van der Waals surface area (Å²) in [4.78, 5) is 17.8. The van der Waals surface area contributed by atoms with Crippen LogP contribution in [-0.4, -0.2) is 62.1 Å². The van der Waals surface area contributed by atoms with Gasteiger partial charge in [-0.1, -0.05) is 6.07 Å². The van der Waals surface area contributed by atoms with E-state index in [2.05, 4.69) is 53.5 Å². The Hall–Kier alpha value is -2.28. The molecule has 0 aliphatic heterocycles. The van der Waals surface area contributed by atoms with Crippen molar-refractivity contribution in [3.63, 3.8) is 0 Å². The van der Waals surface area contributed by atoms with Crippen molar-refractivity contribution >= 4 is 17.6 Å². The lowest BCUT2D eigenvalue weighted by Gasteiger charge is -2.30. The van der Waals surface area contributed by atoms with E-state index in [1.807, 2.05) is 18.2 Å². The molecule has 1 aromatic rings. The number of guanidine groups is 1. The zero-order valence-electron chi connectivity index (χ0n) is 17.5. The highest BCUT2D eigenvalue weighted by Gasteiger charge is 2.12. The number of carbonyl (C=O) groups excluding carboxylic acids is 1. The van der Waals surface area contributed by atoms with Crippen molar-refractivity contribution in [2.75, 3.05) is 38.6 Å². The van der Waals surface area contributed by atoms with E-state index in [0.717, 1.165) is 30.5 Å². The van der Waals surface area contributed by atoms with E-state index in [1.54, 1.807) is 13.1 Å². The van der Waals surface area contributed by atoms with Gasteiger partial charge in [-0.2, -0.15) is 0 Å². The van der Waals surface area contributed by atoms with Crippen LogP contribution in [0.15, 0.2) is 29.3 Å². The molecule has 1 rings (SSSR count). The topological polar surface area (TPSA) is 78.0 Å². The maximum atomic E-state index is 11.1. The van der Waals surface area contributed by atoms with Gasteiger partial charge in [0.1, 0.15) is 12.4 Å². The summed E-state index contributed by atoms with van der Waals surface area (Å²) >= 11 is 0. The molecule has 0 fully saturated rings. The molecule has 7 nitrogen and oxygen atoms in total. The van der Waals surface area contributed by atoms with Crippen LogP contribution >= 0.6 is 0 Å². The molecule has 152 valence electrons. The molecule has 0 saturated heterocycles. The molecule has 0 unspecified atom stereocenters. The van der Waals surface area contributed by atoms with Gasteiger partial charge >= 0.3 is 0 Å². The van der Waals surface area contributed by atoms with Crippen molar-refractivity contribution in [2.45, 2.75) is 46.7 Å².